The number of nitrogens with zero attached hydrogens (tertiary/aromatic N) is 2. The molecule has 0 radical (unpaired) electrons. The largest absolute Gasteiger partial charge is 0.492 e. The molecule has 2 aromatic rings. The van der Waals surface area contributed by atoms with E-state index < -0.39 is 10.0 Å². The predicted octanol–water partition coefficient (Wildman–Crippen LogP) is 2.26. The molecular formula is C16H16N2O3S. The number of likely N-dealkylation sites (N-methyl/N-ethyl adjacent to an activating group) is 1. The average molecular weight is 316 g/mol. The number of hydrogen-bond acceptors (Lipinski definition) is 4. The highest BCUT2D eigenvalue weighted by atomic mass is 32.2. The second kappa shape index (κ2) is 7.07. The number of rotatable bonds is 6. The van der Waals surface area contributed by atoms with Crippen LogP contribution in [-0.4, -0.2) is 32.9 Å². The summed E-state index contributed by atoms with van der Waals surface area (Å²) in [5.74, 6) is 0.601. The first-order valence-corrected chi connectivity index (χ1v) is 8.12. The maximum absolute atomic E-state index is 12.3. The summed E-state index contributed by atoms with van der Waals surface area (Å²) >= 11 is 0. The second-order valence-electron chi connectivity index (χ2n) is 4.62. The van der Waals surface area contributed by atoms with Crippen LogP contribution >= 0.6 is 0 Å². The van der Waals surface area contributed by atoms with Gasteiger partial charge in [0, 0.05) is 13.6 Å². The van der Waals surface area contributed by atoms with Crippen molar-refractivity contribution in [1.82, 2.24) is 4.31 Å². The molecule has 0 N–H and O–H groups in total. The molecule has 0 spiro atoms. The lowest BCUT2D eigenvalue weighted by molar-refractivity contribution is 0.287. The summed E-state index contributed by atoms with van der Waals surface area (Å²) < 4.78 is 31.3. The summed E-state index contributed by atoms with van der Waals surface area (Å²) in [6, 6.07) is 17.0. The Balaban J connectivity index is 1.92. The molecule has 0 saturated carbocycles. The Morgan fingerprint density at radius 2 is 1.73 bits per heavy atom. The van der Waals surface area contributed by atoms with Gasteiger partial charge in [0.15, 0.2) is 0 Å². The molecule has 0 atom stereocenters. The van der Waals surface area contributed by atoms with Gasteiger partial charge in [-0.1, -0.05) is 18.2 Å². The van der Waals surface area contributed by atoms with Gasteiger partial charge < -0.3 is 4.74 Å². The van der Waals surface area contributed by atoms with Gasteiger partial charge in [0.2, 0.25) is 10.0 Å². The third-order valence-electron chi connectivity index (χ3n) is 3.11. The first-order valence-electron chi connectivity index (χ1n) is 6.68. The van der Waals surface area contributed by atoms with Crippen LogP contribution in [0.2, 0.25) is 0 Å². The lowest BCUT2D eigenvalue weighted by Gasteiger charge is -2.17. The number of benzene rings is 2. The van der Waals surface area contributed by atoms with Gasteiger partial charge in [-0.05, 0) is 36.4 Å². The summed E-state index contributed by atoms with van der Waals surface area (Å²) in [7, 11) is -1.98. The highest BCUT2D eigenvalue weighted by Gasteiger charge is 2.19. The van der Waals surface area contributed by atoms with Gasteiger partial charge >= 0.3 is 0 Å². The Labute approximate surface area is 130 Å². The van der Waals surface area contributed by atoms with Crippen LogP contribution in [0.15, 0.2) is 59.5 Å². The highest BCUT2D eigenvalue weighted by molar-refractivity contribution is 7.89. The van der Waals surface area contributed by atoms with E-state index in [9.17, 15) is 8.42 Å². The molecule has 0 fully saturated rings. The van der Waals surface area contributed by atoms with Crippen molar-refractivity contribution >= 4 is 10.0 Å². The molecule has 0 bridgehead atoms. The van der Waals surface area contributed by atoms with Crippen molar-refractivity contribution in [1.29, 1.82) is 5.26 Å². The topological polar surface area (TPSA) is 70.4 Å². The van der Waals surface area contributed by atoms with Gasteiger partial charge in [-0.15, -0.1) is 0 Å². The molecule has 114 valence electrons. The Kier molecular flexibility index (Phi) is 5.15. The molecular weight excluding hydrogens is 300 g/mol. The Bertz CT molecular complexity index is 750. The van der Waals surface area contributed by atoms with E-state index in [4.69, 9.17) is 10.00 Å². The molecule has 0 saturated heterocycles. The summed E-state index contributed by atoms with van der Waals surface area (Å²) in [4.78, 5) is 0.260. The molecule has 5 nitrogen and oxygen atoms in total. The van der Waals surface area contributed by atoms with Gasteiger partial charge in [0.25, 0.3) is 0 Å². The van der Waals surface area contributed by atoms with E-state index >= 15 is 0 Å². The Morgan fingerprint density at radius 3 is 2.32 bits per heavy atom. The molecule has 22 heavy (non-hydrogen) atoms. The van der Waals surface area contributed by atoms with Gasteiger partial charge in [-0.3, -0.25) is 0 Å². The standard InChI is InChI=1S/C16H16N2O3S/c1-18(22(19,20)16-5-3-2-4-6-16)11-12-21-15-9-7-14(13-17)8-10-15/h2-10H,11-12H2,1H3. The molecule has 0 heterocycles. The quantitative estimate of drug-likeness (QED) is 0.819. The predicted molar refractivity (Wildman–Crippen MR) is 82.9 cm³/mol. The van der Waals surface area contributed by atoms with Gasteiger partial charge in [0.1, 0.15) is 12.4 Å². The summed E-state index contributed by atoms with van der Waals surface area (Å²) in [6.07, 6.45) is 0. The SMILES string of the molecule is CN(CCOc1ccc(C#N)cc1)S(=O)(=O)c1ccccc1. The van der Waals surface area contributed by atoms with Crippen LogP contribution in [0.25, 0.3) is 0 Å². The minimum atomic E-state index is -3.49. The third kappa shape index (κ3) is 3.85. The first-order chi connectivity index (χ1) is 10.5. The van der Waals surface area contributed by atoms with Crippen molar-refractivity contribution < 1.29 is 13.2 Å². The fraction of sp³-hybridized carbons (Fsp3) is 0.188. The van der Waals surface area contributed by atoms with Crippen molar-refractivity contribution in [2.75, 3.05) is 20.2 Å². The van der Waals surface area contributed by atoms with Crippen LogP contribution in [0.3, 0.4) is 0 Å². The summed E-state index contributed by atoms with van der Waals surface area (Å²) in [6.45, 7) is 0.464. The van der Waals surface area contributed by atoms with Crippen molar-refractivity contribution in [2.45, 2.75) is 4.90 Å². The normalized spacial score (nSPS) is 11.1. The number of ether oxygens (including phenoxy) is 1. The van der Waals surface area contributed by atoms with E-state index in [1.165, 1.54) is 11.4 Å². The van der Waals surface area contributed by atoms with Crippen LogP contribution in [0, 0.1) is 11.3 Å². The van der Waals surface area contributed by atoms with E-state index in [-0.39, 0.29) is 18.0 Å². The van der Waals surface area contributed by atoms with Crippen LogP contribution in [0.1, 0.15) is 5.56 Å². The van der Waals surface area contributed by atoms with Crippen LogP contribution in [0.5, 0.6) is 5.75 Å². The van der Waals surface area contributed by atoms with E-state index in [1.54, 1.807) is 54.6 Å². The lowest BCUT2D eigenvalue weighted by atomic mass is 10.2. The Hall–Kier alpha value is -2.36. The zero-order valence-corrected chi connectivity index (χ0v) is 13.0. The molecule has 0 unspecified atom stereocenters. The van der Waals surface area contributed by atoms with E-state index in [2.05, 4.69) is 0 Å². The van der Waals surface area contributed by atoms with Gasteiger partial charge in [-0.25, -0.2) is 8.42 Å². The molecule has 0 aliphatic heterocycles. The molecule has 0 amide bonds. The zero-order valence-electron chi connectivity index (χ0n) is 12.1. The summed E-state index contributed by atoms with van der Waals surface area (Å²) in [5, 5.41) is 8.71. The fourth-order valence-electron chi connectivity index (χ4n) is 1.81. The van der Waals surface area contributed by atoms with Crippen molar-refractivity contribution in [3.05, 3.63) is 60.2 Å². The molecule has 0 aliphatic rings. The van der Waals surface area contributed by atoms with Crippen LogP contribution in [-0.2, 0) is 10.0 Å². The van der Waals surface area contributed by atoms with E-state index in [0.717, 1.165) is 0 Å². The van der Waals surface area contributed by atoms with E-state index in [0.29, 0.717) is 11.3 Å². The van der Waals surface area contributed by atoms with Gasteiger partial charge in [-0.2, -0.15) is 9.57 Å². The van der Waals surface area contributed by atoms with Crippen molar-refractivity contribution in [3.8, 4) is 11.8 Å². The maximum Gasteiger partial charge on any atom is 0.242 e. The molecule has 2 aromatic carbocycles. The number of sulfonamides is 1. The van der Waals surface area contributed by atoms with Crippen LogP contribution < -0.4 is 4.74 Å². The molecule has 0 aromatic heterocycles. The highest BCUT2D eigenvalue weighted by Crippen LogP contribution is 2.14. The zero-order chi connectivity index (χ0) is 16.0. The maximum atomic E-state index is 12.3. The Morgan fingerprint density at radius 1 is 1.09 bits per heavy atom. The molecule has 6 heteroatoms. The fourth-order valence-corrected chi connectivity index (χ4v) is 2.99. The monoisotopic (exact) mass is 316 g/mol. The molecule has 0 aliphatic carbocycles. The van der Waals surface area contributed by atoms with Crippen molar-refractivity contribution in [2.24, 2.45) is 0 Å². The number of hydrogen-bond donors (Lipinski definition) is 0. The summed E-state index contributed by atoms with van der Waals surface area (Å²) in [5.41, 5.74) is 0.552. The molecule has 2 rings (SSSR count). The average Bonchev–Trinajstić information content (AvgIpc) is 2.56. The second-order valence-corrected chi connectivity index (χ2v) is 6.67. The smallest absolute Gasteiger partial charge is 0.242 e. The number of nitriles is 1. The lowest BCUT2D eigenvalue weighted by Crippen LogP contribution is -2.30. The minimum Gasteiger partial charge on any atom is -0.492 e. The van der Waals surface area contributed by atoms with Crippen molar-refractivity contribution in [3.63, 3.8) is 0 Å². The first kappa shape index (κ1) is 16.0. The van der Waals surface area contributed by atoms with Gasteiger partial charge in [0.05, 0.1) is 16.5 Å². The van der Waals surface area contributed by atoms with E-state index in [1.807, 2.05) is 6.07 Å². The third-order valence-corrected chi connectivity index (χ3v) is 4.98. The van der Waals surface area contributed by atoms with Crippen LogP contribution in [0.4, 0.5) is 0 Å². The minimum absolute atomic E-state index is 0.231.